The van der Waals surface area contributed by atoms with Gasteiger partial charge in [0.05, 0.1) is 84.7 Å². The number of carbonyl (C=O) groups is 5. The third kappa shape index (κ3) is 37.7. The van der Waals surface area contributed by atoms with E-state index in [2.05, 4.69) is 145 Å². The van der Waals surface area contributed by atoms with E-state index in [-0.39, 0.29) is 46.8 Å². The predicted octanol–water partition coefficient (Wildman–Crippen LogP) is 6.40. The van der Waals surface area contributed by atoms with Crippen molar-refractivity contribution in [2.75, 3.05) is 54.5 Å². The van der Waals surface area contributed by atoms with E-state index in [9.17, 15) is 28.2 Å². The van der Waals surface area contributed by atoms with Crippen molar-refractivity contribution in [3.63, 3.8) is 0 Å². The maximum atomic E-state index is 11.1. The molecule has 0 saturated carbocycles. The summed E-state index contributed by atoms with van der Waals surface area (Å²) >= 11 is 8.99. The van der Waals surface area contributed by atoms with Crippen LogP contribution in [0, 0.1) is 50.4 Å². The van der Waals surface area contributed by atoms with Gasteiger partial charge in [0, 0.05) is 58.5 Å². The van der Waals surface area contributed by atoms with Gasteiger partial charge in [-0.25, -0.2) is 0 Å². The van der Waals surface area contributed by atoms with Gasteiger partial charge in [0.15, 0.2) is 11.6 Å². The molecule has 6 rings (SSSR count). The number of hydrogen-bond acceptors (Lipinski definition) is 25. The molecule has 6 aromatic heterocycles. The molecular formula is C50H69BrI2N16O11SZn. The molecule has 0 aliphatic rings. The van der Waals surface area contributed by atoms with Crippen LogP contribution >= 0.6 is 58.3 Å². The summed E-state index contributed by atoms with van der Waals surface area (Å²) in [5.74, 6) is -2.25. The predicted molar refractivity (Wildman–Crippen MR) is 325 cm³/mol. The number of halogens is 3. The fourth-order valence-corrected chi connectivity index (χ4v) is 6.22. The van der Waals surface area contributed by atoms with E-state index >= 15 is 0 Å². The summed E-state index contributed by atoms with van der Waals surface area (Å²) in [7, 11) is 2.96. The first-order chi connectivity index (χ1) is 38.6. The SMILES string of the molecule is COC(=O)[C@@H](C)CI.COC(=O)[C@@H](C)Cc1cncc(N)c1.C[C@@H](Cc1cncc(N)c1)C(=O)O.Cc1nnc(Nc2cncc(C[C@H](C)C(=O)O)c2)nn1.Cc1nnc(S(C)=O)nn1.Nc1cncc(Br)c1.[CH2-][C@H](C)C(=O)OC.[Zn+][I]. The second-order valence-electron chi connectivity index (χ2n) is 16.9. The third-order valence-corrected chi connectivity index (χ3v) is 11.7. The molecule has 6 heterocycles. The number of carboxylic acid groups (broad SMARTS) is 2. The number of aliphatic carboxylic acids is 2. The summed E-state index contributed by atoms with van der Waals surface area (Å²) in [5, 5.41) is 50.2. The molecule has 32 heteroatoms. The number of carbonyl (C=O) groups excluding carboxylic acids is 3. The number of carboxylic acids is 2. The molecule has 444 valence electrons. The Hall–Kier alpha value is -6.26. The van der Waals surface area contributed by atoms with Crippen LogP contribution in [0.5, 0.6) is 0 Å². The standard InChI is InChI=1S/C12H14N6O2.C10H14N2O2.C9H12N2O2.C5H5BrN2.C5H9IO2.C5H9O2.C4H6N4OS.HI.Zn/c1-7(11(19)20)3-9-4-10(6-13-5-9)14-12-17-15-8(2)16-18-12;1-7(10(13)14-2)3-8-4-9(11)6-12-5-8;1-6(9(12)13)2-7-3-8(10)5-11-4-7;6-4-1-5(7)3-8-2-4;1-4(3-6)5(7)8-2;1-4(2)5(6)7-3;1-3-5-7-4(8-6-3)10(2)9;;/h4-7H,3H2,1-2H3,(H,19,20)(H,14,17,18);4-7H,3,11H2,1-2H3;3-6H,2,10H2,1H3,(H,12,13);1-3H,7H2;4H,3H2,1-2H3;4H,1H2,2-3H3;1-2H3;1H;/q;;;;;-1;;;+2/p-1/t2*7-;6-;;2*4-;;;/m000.01.../s1. The van der Waals surface area contributed by atoms with Crippen LogP contribution in [-0.4, -0.2) is 137 Å². The Morgan fingerprint density at radius 1 is 0.598 bits per heavy atom. The molecule has 0 fully saturated rings. The molecular weight excluding hydrogens is 1430 g/mol. The van der Waals surface area contributed by atoms with E-state index in [1.54, 1.807) is 96.2 Å². The van der Waals surface area contributed by atoms with Crippen LogP contribution in [0.15, 0.2) is 83.5 Å². The van der Waals surface area contributed by atoms with E-state index in [1.165, 1.54) is 48.6 Å². The van der Waals surface area contributed by atoms with E-state index in [0.717, 1.165) is 25.6 Å². The van der Waals surface area contributed by atoms with Crippen molar-refractivity contribution in [3.8, 4) is 0 Å². The number of nitrogens with one attached hydrogen (secondary N) is 1. The summed E-state index contributed by atoms with van der Waals surface area (Å²) in [5.41, 5.74) is 21.6. The van der Waals surface area contributed by atoms with Crippen molar-refractivity contribution >= 4 is 128 Å². The van der Waals surface area contributed by atoms with Gasteiger partial charge in [-0.05, 0) is 90.0 Å². The van der Waals surface area contributed by atoms with Crippen LogP contribution in [0.4, 0.5) is 28.7 Å². The quantitative estimate of drug-likeness (QED) is 0.0162. The number of hydrogen-bond donors (Lipinski definition) is 6. The zero-order valence-electron chi connectivity index (χ0n) is 47.3. The van der Waals surface area contributed by atoms with Crippen molar-refractivity contribution in [3.05, 3.63) is 114 Å². The third-order valence-electron chi connectivity index (χ3n) is 9.32. The fraction of sp³-hybridized carbons (Fsp3) is 0.400. The summed E-state index contributed by atoms with van der Waals surface area (Å²) in [6.07, 6.45) is 15.9. The first kappa shape index (κ1) is 77.8. The number of alkyl halides is 1. The Labute approximate surface area is 522 Å². The normalized spacial score (nSPS) is 11.9. The Balaban J connectivity index is 0. The molecule has 6 aromatic rings. The summed E-state index contributed by atoms with van der Waals surface area (Å²) in [4.78, 5) is 68.9. The monoisotopic (exact) mass is 1500 g/mol. The maximum absolute atomic E-state index is 11.1. The van der Waals surface area contributed by atoms with Gasteiger partial charge in [-0.1, -0.05) is 63.1 Å². The number of pyridine rings is 4. The van der Waals surface area contributed by atoms with Gasteiger partial charge < -0.3 is 53.9 Å². The van der Waals surface area contributed by atoms with Crippen molar-refractivity contribution < 1.29 is 67.4 Å². The number of nitrogen functional groups attached to an aromatic ring is 3. The first-order valence-electron chi connectivity index (χ1n) is 23.9. The van der Waals surface area contributed by atoms with Crippen LogP contribution in [0.25, 0.3) is 0 Å². The summed E-state index contributed by atoms with van der Waals surface area (Å²) in [6.45, 7) is 15.5. The molecule has 6 atom stereocenters. The van der Waals surface area contributed by atoms with Crippen LogP contribution < -0.4 is 22.5 Å². The van der Waals surface area contributed by atoms with E-state index in [1.807, 2.05) is 19.9 Å². The number of aromatic nitrogens is 12. The molecule has 0 spiro atoms. The van der Waals surface area contributed by atoms with E-state index in [0.29, 0.717) is 53.7 Å². The zero-order valence-corrected chi connectivity index (χ0v) is 57.0. The van der Waals surface area contributed by atoms with Gasteiger partial charge in [-0.15, -0.1) is 40.8 Å². The Morgan fingerprint density at radius 2 is 0.963 bits per heavy atom. The molecule has 9 N–H and O–H groups in total. The number of ether oxygens (including phenoxy) is 3. The average Bonchev–Trinajstić information content (AvgIpc) is 3.44. The van der Waals surface area contributed by atoms with Crippen LogP contribution in [0.1, 0.15) is 63.0 Å². The zero-order chi connectivity index (χ0) is 62.9. The minimum absolute atomic E-state index is 0.0422. The molecule has 0 aliphatic carbocycles. The molecule has 82 heavy (non-hydrogen) atoms. The van der Waals surface area contributed by atoms with Gasteiger partial charge in [0.1, 0.15) is 0 Å². The van der Waals surface area contributed by atoms with Gasteiger partial charge in [0.2, 0.25) is 0 Å². The van der Waals surface area contributed by atoms with Crippen LogP contribution in [0.3, 0.4) is 0 Å². The number of methoxy groups -OCH3 is 3. The Bertz CT molecular complexity index is 2830. The second kappa shape index (κ2) is 45.3. The van der Waals surface area contributed by atoms with Crippen LogP contribution in [-0.2, 0) is 83.0 Å². The van der Waals surface area contributed by atoms with E-state index in [4.69, 9.17) is 27.4 Å². The number of nitrogens with two attached hydrogens (primary N) is 3. The van der Waals surface area contributed by atoms with Crippen molar-refractivity contribution in [1.82, 2.24) is 60.7 Å². The second-order valence-corrected chi connectivity index (χ2v) is 19.9. The Kier molecular flexibility index (Phi) is 43.0. The molecule has 0 aromatic carbocycles. The molecule has 0 aliphatic heterocycles. The van der Waals surface area contributed by atoms with Gasteiger partial charge in [0.25, 0.3) is 17.1 Å². The molecule has 0 bridgehead atoms. The van der Waals surface area contributed by atoms with Crippen molar-refractivity contribution in [1.29, 1.82) is 0 Å². The number of anilines is 5. The summed E-state index contributed by atoms with van der Waals surface area (Å²) in [6, 6.07) is 7.15. The fourth-order valence-electron chi connectivity index (χ4n) is 5.16. The topological polar surface area (TPSA) is 415 Å². The summed E-state index contributed by atoms with van der Waals surface area (Å²) < 4.78 is 25.8. The molecule has 0 saturated heterocycles. The number of aryl methyl sites for hydroxylation is 2. The van der Waals surface area contributed by atoms with Gasteiger partial charge in [-0.3, -0.25) is 48.1 Å². The molecule has 1 unspecified atom stereocenters. The number of rotatable bonds is 15. The number of esters is 3. The number of nitrogens with zero attached hydrogens (tertiary/aromatic N) is 12. The van der Waals surface area contributed by atoms with Crippen LogP contribution in [0.2, 0.25) is 0 Å². The van der Waals surface area contributed by atoms with Crippen molar-refractivity contribution in [2.24, 2.45) is 29.6 Å². The molecule has 0 amide bonds. The molecule has 27 nitrogen and oxygen atoms in total. The minimum atomic E-state index is -1.18. The Morgan fingerprint density at radius 3 is 1.28 bits per heavy atom. The van der Waals surface area contributed by atoms with E-state index < -0.39 is 34.6 Å². The van der Waals surface area contributed by atoms with Gasteiger partial charge in [-0.2, -0.15) is 0 Å². The molecule has 0 radical (unpaired) electrons. The van der Waals surface area contributed by atoms with Gasteiger partial charge >= 0.3 is 58.4 Å². The first-order valence-corrected chi connectivity index (χ1v) is 36.8. The average molecular weight is 1500 g/mol. The van der Waals surface area contributed by atoms with Crippen molar-refractivity contribution in [2.45, 2.75) is 72.9 Å².